The van der Waals surface area contributed by atoms with Crippen molar-refractivity contribution < 1.29 is 9.59 Å². The average molecular weight is 354 g/mol. The van der Waals surface area contributed by atoms with E-state index in [1.165, 1.54) is 0 Å². The predicted octanol–water partition coefficient (Wildman–Crippen LogP) is 1.69. The van der Waals surface area contributed by atoms with E-state index in [1.54, 1.807) is 12.1 Å². The van der Waals surface area contributed by atoms with Gasteiger partial charge in [-0.15, -0.1) is 0 Å². The van der Waals surface area contributed by atoms with E-state index in [1.807, 2.05) is 25.1 Å². The van der Waals surface area contributed by atoms with Crippen LogP contribution in [0.3, 0.4) is 0 Å². The van der Waals surface area contributed by atoms with Crippen molar-refractivity contribution in [3.05, 3.63) is 35.9 Å². The van der Waals surface area contributed by atoms with Crippen LogP contribution in [-0.4, -0.2) is 47.9 Å². The molecule has 0 aromatic heterocycles. The molecule has 1 atom stereocenters. The van der Waals surface area contributed by atoms with Crippen LogP contribution >= 0.6 is 0 Å². The van der Waals surface area contributed by atoms with Crippen LogP contribution < -0.4 is 10.6 Å². The van der Waals surface area contributed by atoms with Crippen molar-refractivity contribution in [1.82, 2.24) is 15.5 Å². The maximum absolute atomic E-state index is 12.3. The number of benzene rings is 1. The number of carbonyl (C=O) groups excluding carboxylic acids is 2. The quantitative estimate of drug-likeness (QED) is 0.814. The summed E-state index contributed by atoms with van der Waals surface area (Å²) in [6, 6.07) is 11.6. The van der Waals surface area contributed by atoms with Gasteiger partial charge < -0.3 is 10.6 Å². The predicted molar refractivity (Wildman–Crippen MR) is 98.3 cm³/mol. The number of piperidine rings is 1. The first-order valence-corrected chi connectivity index (χ1v) is 9.31. The molecule has 2 aliphatic rings. The highest BCUT2D eigenvalue weighted by Crippen LogP contribution is 2.39. The molecule has 138 valence electrons. The van der Waals surface area contributed by atoms with E-state index in [0.717, 1.165) is 38.8 Å². The molecular formula is C20H26N4O2. The van der Waals surface area contributed by atoms with E-state index in [2.05, 4.69) is 21.6 Å². The second kappa shape index (κ2) is 7.88. The molecule has 0 radical (unpaired) electrons. The van der Waals surface area contributed by atoms with Crippen LogP contribution in [0.15, 0.2) is 30.3 Å². The third-order valence-electron chi connectivity index (χ3n) is 5.35. The van der Waals surface area contributed by atoms with Gasteiger partial charge in [-0.25, -0.2) is 0 Å². The van der Waals surface area contributed by atoms with Crippen LogP contribution in [-0.2, 0) is 4.79 Å². The van der Waals surface area contributed by atoms with Crippen molar-refractivity contribution in [2.45, 2.75) is 44.2 Å². The summed E-state index contributed by atoms with van der Waals surface area (Å²) < 4.78 is 0. The van der Waals surface area contributed by atoms with Gasteiger partial charge in [-0.1, -0.05) is 18.2 Å². The number of likely N-dealkylation sites (tertiary alicyclic amines) is 1. The lowest BCUT2D eigenvalue weighted by Crippen LogP contribution is -2.52. The molecule has 1 heterocycles. The maximum Gasteiger partial charge on any atom is 0.251 e. The Morgan fingerprint density at radius 3 is 2.42 bits per heavy atom. The van der Waals surface area contributed by atoms with Crippen LogP contribution in [0, 0.1) is 17.2 Å². The smallest absolute Gasteiger partial charge is 0.251 e. The number of amides is 2. The summed E-state index contributed by atoms with van der Waals surface area (Å²) in [5.41, 5.74) is -0.0656. The van der Waals surface area contributed by atoms with Crippen LogP contribution in [0.4, 0.5) is 0 Å². The van der Waals surface area contributed by atoms with Crippen molar-refractivity contribution >= 4 is 11.8 Å². The molecule has 6 nitrogen and oxygen atoms in total. The van der Waals surface area contributed by atoms with Gasteiger partial charge in [-0.3, -0.25) is 14.5 Å². The van der Waals surface area contributed by atoms with Gasteiger partial charge in [-0.2, -0.15) is 5.26 Å². The van der Waals surface area contributed by atoms with E-state index >= 15 is 0 Å². The fourth-order valence-electron chi connectivity index (χ4n) is 3.51. The fraction of sp³-hybridized carbons (Fsp3) is 0.550. The highest BCUT2D eigenvalue weighted by molar-refractivity contribution is 5.94. The molecule has 0 bridgehead atoms. The molecular weight excluding hydrogens is 328 g/mol. The average Bonchev–Trinajstić information content (AvgIpc) is 3.49. The minimum Gasteiger partial charge on any atom is -0.349 e. The summed E-state index contributed by atoms with van der Waals surface area (Å²) in [4.78, 5) is 26.6. The largest absolute Gasteiger partial charge is 0.349 e. The highest BCUT2D eigenvalue weighted by Gasteiger charge is 2.43. The lowest BCUT2D eigenvalue weighted by molar-refractivity contribution is -0.124. The van der Waals surface area contributed by atoms with E-state index in [9.17, 15) is 14.9 Å². The Balaban J connectivity index is 1.42. The van der Waals surface area contributed by atoms with Gasteiger partial charge in [0.2, 0.25) is 5.91 Å². The lowest BCUT2D eigenvalue weighted by Gasteiger charge is -2.32. The summed E-state index contributed by atoms with van der Waals surface area (Å²) in [5, 5.41) is 15.3. The summed E-state index contributed by atoms with van der Waals surface area (Å²) in [7, 11) is 0. The first-order chi connectivity index (χ1) is 12.5. The Hall–Kier alpha value is -2.39. The summed E-state index contributed by atoms with van der Waals surface area (Å²) in [5.74, 6) is 0.152. The minimum absolute atomic E-state index is 0.0454. The fourth-order valence-corrected chi connectivity index (χ4v) is 3.51. The Bertz CT molecular complexity index is 688. The first-order valence-electron chi connectivity index (χ1n) is 9.31. The molecule has 2 N–H and O–H groups in total. The molecule has 0 spiro atoms. The molecule has 1 saturated heterocycles. The van der Waals surface area contributed by atoms with Crippen molar-refractivity contribution in [2.24, 2.45) is 5.92 Å². The molecule has 6 heteroatoms. The van der Waals surface area contributed by atoms with Crippen molar-refractivity contribution in [3.63, 3.8) is 0 Å². The second-order valence-electron chi connectivity index (χ2n) is 7.53. The summed E-state index contributed by atoms with van der Waals surface area (Å²) in [6.07, 6.45) is 3.67. The molecule has 1 unspecified atom stereocenters. The number of nitrogens with one attached hydrogen (secondary N) is 2. The molecule has 1 aliphatic heterocycles. The molecule has 1 aromatic rings. The van der Waals surface area contributed by atoms with Gasteiger partial charge in [0.05, 0.1) is 12.6 Å². The second-order valence-corrected chi connectivity index (χ2v) is 7.53. The van der Waals surface area contributed by atoms with E-state index in [-0.39, 0.29) is 23.8 Å². The third kappa shape index (κ3) is 4.61. The van der Waals surface area contributed by atoms with Gasteiger partial charge in [0.1, 0.15) is 5.54 Å². The third-order valence-corrected chi connectivity index (χ3v) is 5.35. The Labute approximate surface area is 154 Å². The van der Waals surface area contributed by atoms with Crippen LogP contribution in [0.25, 0.3) is 0 Å². The Morgan fingerprint density at radius 1 is 1.19 bits per heavy atom. The number of carbonyl (C=O) groups is 2. The molecule has 1 aliphatic carbocycles. The summed E-state index contributed by atoms with van der Waals surface area (Å²) >= 11 is 0. The van der Waals surface area contributed by atoms with Crippen molar-refractivity contribution in [2.75, 3.05) is 19.6 Å². The maximum atomic E-state index is 12.3. The molecule has 3 rings (SSSR count). The van der Waals surface area contributed by atoms with Crippen LogP contribution in [0.2, 0.25) is 0 Å². The zero-order chi connectivity index (χ0) is 18.6. The number of hydrogen-bond donors (Lipinski definition) is 2. The monoisotopic (exact) mass is 354 g/mol. The first kappa shape index (κ1) is 18.4. The number of rotatable bonds is 6. The molecule has 26 heavy (non-hydrogen) atoms. The number of nitrogens with zero attached hydrogens (tertiary/aromatic N) is 2. The van der Waals surface area contributed by atoms with Gasteiger partial charge in [0.15, 0.2) is 0 Å². The molecule has 1 aromatic carbocycles. The molecule has 2 fully saturated rings. The Morgan fingerprint density at radius 2 is 1.85 bits per heavy atom. The summed E-state index contributed by atoms with van der Waals surface area (Å²) in [6.45, 7) is 3.65. The van der Waals surface area contributed by atoms with Crippen LogP contribution in [0.1, 0.15) is 43.0 Å². The zero-order valence-electron chi connectivity index (χ0n) is 15.2. The van der Waals surface area contributed by atoms with E-state index in [4.69, 9.17) is 0 Å². The van der Waals surface area contributed by atoms with Crippen molar-refractivity contribution in [1.29, 1.82) is 5.26 Å². The Kier molecular flexibility index (Phi) is 5.58. The number of hydrogen-bond acceptors (Lipinski definition) is 4. The van der Waals surface area contributed by atoms with Crippen molar-refractivity contribution in [3.8, 4) is 6.07 Å². The topological polar surface area (TPSA) is 85.2 Å². The van der Waals surface area contributed by atoms with Gasteiger partial charge in [-0.05, 0) is 50.7 Å². The van der Waals surface area contributed by atoms with Gasteiger partial charge in [0, 0.05) is 24.7 Å². The molecule has 2 amide bonds. The van der Waals surface area contributed by atoms with Gasteiger partial charge in [0.25, 0.3) is 5.91 Å². The zero-order valence-corrected chi connectivity index (χ0v) is 15.2. The van der Waals surface area contributed by atoms with E-state index in [0.29, 0.717) is 12.1 Å². The normalized spacial score (nSPS) is 20.6. The minimum atomic E-state index is -0.737. The van der Waals surface area contributed by atoms with Gasteiger partial charge >= 0.3 is 0 Å². The molecule has 1 saturated carbocycles. The standard InChI is InChI=1S/C20H26N4O2/c1-20(14-21,16-7-8-16)23-18(25)13-24-11-9-17(10-12-24)22-19(26)15-5-3-2-4-6-15/h2-6,16-17H,7-13H2,1H3,(H,22,26)(H,23,25). The van der Waals surface area contributed by atoms with Crippen LogP contribution in [0.5, 0.6) is 0 Å². The SMILES string of the molecule is CC(C#N)(NC(=O)CN1CCC(NC(=O)c2ccccc2)CC1)C1CC1. The number of nitriles is 1. The highest BCUT2D eigenvalue weighted by atomic mass is 16.2. The lowest BCUT2D eigenvalue weighted by atomic mass is 9.98. The van der Waals surface area contributed by atoms with E-state index < -0.39 is 5.54 Å².